The summed E-state index contributed by atoms with van der Waals surface area (Å²) in [5, 5.41) is 23.0. The van der Waals surface area contributed by atoms with E-state index in [1.807, 2.05) is 81.6 Å². The molecule has 4 rings (SSSR count). The Morgan fingerprint density at radius 2 is 1.53 bits per heavy atom. The zero-order chi connectivity index (χ0) is 27.2. The van der Waals surface area contributed by atoms with Crippen LogP contribution in [0.4, 0.5) is 0 Å². The molecule has 1 unspecified atom stereocenters. The molecule has 9 heteroatoms. The first-order chi connectivity index (χ1) is 18.2. The van der Waals surface area contributed by atoms with E-state index < -0.39 is 29.7 Å². The Bertz CT molecular complexity index is 1010. The molecule has 4 atom stereocenters. The third-order valence-electron chi connectivity index (χ3n) is 6.94. The van der Waals surface area contributed by atoms with Crippen LogP contribution < -0.4 is 0 Å². The lowest BCUT2D eigenvalue weighted by Gasteiger charge is -2.40. The highest BCUT2D eigenvalue weighted by atomic mass is 16.8. The van der Waals surface area contributed by atoms with Crippen LogP contribution in [-0.4, -0.2) is 102 Å². The van der Waals surface area contributed by atoms with E-state index in [-0.39, 0.29) is 32.3 Å². The normalized spacial score (nSPS) is 24.2. The van der Waals surface area contributed by atoms with Gasteiger partial charge in [-0.15, -0.1) is 0 Å². The molecule has 1 amide bonds. The van der Waals surface area contributed by atoms with Gasteiger partial charge in [0.05, 0.1) is 25.4 Å². The van der Waals surface area contributed by atoms with Gasteiger partial charge in [-0.25, -0.2) is 0 Å². The second-order valence-corrected chi connectivity index (χ2v) is 10.7. The van der Waals surface area contributed by atoms with Gasteiger partial charge in [0.25, 0.3) is 5.91 Å². The van der Waals surface area contributed by atoms with Crippen LogP contribution in [0.2, 0.25) is 0 Å². The molecule has 0 radical (unpaired) electrons. The van der Waals surface area contributed by atoms with Gasteiger partial charge >= 0.3 is 0 Å². The molecule has 0 aromatic heterocycles. The highest BCUT2D eigenvalue weighted by molar-refractivity contribution is 5.82. The van der Waals surface area contributed by atoms with E-state index in [1.165, 1.54) is 0 Å². The number of piperazine rings is 1. The van der Waals surface area contributed by atoms with Crippen LogP contribution in [0, 0.1) is 0 Å². The summed E-state index contributed by atoms with van der Waals surface area (Å²) in [6.07, 6.45) is -4.56. The topological polar surface area (TPSA) is 101 Å². The van der Waals surface area contributed by atoms with Crippen LogP contribution >= 0.6 is 0 Å². The third-order valence-corrected chi connectivity index (χ3v) is 6.94. The van der Waals surface area contributed by atoms with E-state index in [2.05, 4.69) is 4.90 Å². The Morgan fingerprint density at radius 3 is 2.08 bits per heavy atom. The second-order valence-electron chi connectivity index (χ2n) is 10.7. The number of nitrogens with zero attached hydrogens (tertiary/aromatic N) is 2. The Morgan fingerprint density at radius 1 is 0.947 bits per heavy atom. The predicted octanol–water partition coefficient (Wildman–Crippen LogP) is 1.81. The molecule has 9 nitrogen and oxygen atoms in total. The smallest absolute Gasteiger partial charge is 0.254 e. The van der Waals surface area contributed by atoms with Crippen molar-refractivity contribution in [3.63, 3.8) is 0 Å². The lowest BCUT2D eigenvalue weighted by Crippen LogP contribution is -2.61. The molecule has 0 spiro atoms. The highest BCUT2D eigenvalue weighted by Crippen LogP contribution is 2.36. The lowest BCUT2D eigenvalue weighted by molar-refractivity contribution is -0.287. The number of amides is 1. The highest BCUT2D eigenvalue weighted by Gasteiger charge is 2.55. The average Bonchev–Trinajstić information content (AvgIpc) is 3.25. The number of hydrogen-bond donors (Lipinski definition) is 2. The van der Waals surface area contributed by atoms with Crippen LogP contribution in [0.25, 0.3) is 0 Å². The number of aliphatic hydroxyl groups excluding tert-OH is 2. The molecule has 38 heavy (non-hydrogen) atoms. The van der Waals surface area contributed by atoms with Crippen molar-refractivity contribution in [2.75, 3.05) is 46.4 Å². The van der Waals surface area contributed by atoms with Gasteiger partial charge in [0.1, 0.15) is 18.8 Å². The first kappa shape index (κ1) is 28.6. The van der Waals surface area contributed by atoms with Crippen molar-refractivity contribution in [1.29, 1.82) is 0 Å². The number of hydrogen-bond acceptors (Lipinski definition) is 8. The number of carbonyl (C=O) groups is 1. The summed E-state index contributed by atoms with van der Waals surface area (Å²) in [5.74, 6) is -2.05. The molecule has 2 aliphatic heterocycles. The molecular weight excluding hydrogens is 488 g/mol. The van der Waals surface area contributed by atoms with Gasteiger partial charge in [0.2, 0.25) is 5.79 Å². The monoisotopic (exact) mass is 528 g/mol. The van der Waals surface area contributed by atoms with Crippen molar-refractivity contribution in [2.24, 2.45) is 0 Å². The Kier molecular flexibility index (Phi) is 9.54. The van der Waals surface area contributed by atoms with Crippen LogP contribution in [0.3, 0.4) is 0 Å². The van der Waals surface area contributed by atoms with Gasteiger partial charge < -0.3 is 39.0 Å². The fourth-order valence-corrected chi connectivity index (χ4v) is 4.72. The quantitative estimate of drug-likeness (QED) is 0.456. The molecule has 2 aromatic rings. The SMILES string of the molecule is CN1CCN(C(=O)[C@H](OCc2ccccc2)[C@@H](O)[C@H](O)C2(COCc3ccccc3)OCC(C)(C)O2)CC1. The maximum atomic E-state index is 13.6. The first-order valence-corrected chi connectivity index (χ1v) is 13.1. The number of likely N-dealkylation sites (N-methyl/N-ethyl adjacent to an activating group) is 1. The molecule has 2 N–H and O–H groups in total. The van der Waals surface area contributed by atoms with E-state index in [0.717, 1.165) is 11.1 Å². The summed E-state index contributed by atoms with van der Waals surface area (Å²) in [6, 6.07) is 19.0. The van der Waals surface area contributed by atoms with Crippen molar-refractivity contribution in [3.8, 4) is 0 Å². The van der Waals surface area contributed by atoms with Crippen LogP contribution in [0.15, 0.2) is 60.7 Å². The van der Waals surface area contributed by atoms with Crippen molar-refractivity contribution in [1.82, 2.24) is 9.80 Å². The molecule has 0 aliphatic carbocycles. The molecular formula is C29H40N2O7. The molecule has 2 saturated heterocycles. The summed E-state index contributed by atoms with van der Waals surface area (Å²) < 4.78 is 24.1. The van der Waals surface area contributed by atoms with Crippen molar-refractivity contribution < 1.29 is 34.0 Å². The van der Waals surface area contributed by atoms with Crippen molar-refractivity contribution in [3.05, 3.63) is 71.8 Å². The Hall–Kier alpha value is -2.37. The summed E-state index contributed by atoms with van der Waals surface area (Å²) in [5.41, 5.74) is 1.07. The maximum absolute atomic E-state index is 13.6. The number of rotatable bonds is 11. The fraction of sp³-hybridized carbons (Fsp3) is 0.552. The number of benzene rings is 2. The van der Waals surface area contributed by atoms with Gasteiger partial charge in [-0.2, -0.15) is 0 Å². The standard InChI is InChI=1S/C29H40N2O7/c1-28(2)20-37-29(38-28,21-35-18-22-10-6-4-7-11-22)26(33)24(32)25(36-19-23-12-8-5-9-13-23)27(34)31-16-14-30(3)15-17-31/h4-13,24-26,32-33H,14-21H2,1-3H3/t24-,25-,26+,29?/m1/s1. The zero-order valence-corrected chi connectivity index (χ0v) is 22.5. The van der Waals surface area contributed by atoms with E-state index >= 15 is 0 Å². The molecule has 2 aliphatic rings. The molecule has 2 fully saturated rings. The Balaban J connectivity index is 1.52. The van der Waals surface area contributed by atoms with E-state index in [1.54, 1.807) is 4.90 Å². The number of aliphatic hydroxyl groups is 2. The number of carbonyl (C=O) groups excluding carboxylic acids is 1. The fourth-order valence-electron chi connectivity index (χ4n) is 4.72. The average molecular weight is 529 g/mol. The largest absolute Gasteiger partial charge is 0.387 e. The van der Waals surface area contributed by atoms with Crippen molar-refractivity contribution in [2.45, 2.75) is 56.8 Å². The van der Waals surface area contributed by atoms with Crippen LogP contribution in [0.1, 0.15) is 25.0 Å². The molecule has 208 valence electrons. The first-order valence-electron chi connectivity index (χ1n) is 13.1. The van der Waals surface area contributed by atoms with E-state index in [4.69, 9.17) is 18.9 Å². The van der Waals surface area contributed by atoms with Gasteiger partial charge in [0, 0.05) is 26.2 Å². The van der Waals surface area contributed by atoms with E-state index in [0.29, 0.717) is 26.2 Å². The molecule has 2 heterocycles. The minimum Gasteiger partial charge on any atom is -0.387 e. The van der Waals surface area contributed by atoms with E-state index in [9.17, 15) is 15.0 Å². The minimum absolute atomic E-state index is 0.0967. The molecule has 0 bridgehead atoms. The molecule has 2 aromatic carbocycles. The molecule has 0 saturated carbocycles. The lowest BCUT2D eigenvalue weighted by atomic mass is 9.98. The summed E-state index contributed by atoms with van der Waals surface area (Å²) in [7, 11) is 2.00. The second kappa shape index (κ2) is 12.7. The van der Waals surface area contributed by atoms with Gasteiger partial charge in [-0.05, 0) is 32.0 Å². The summed E-state index contributed by atoms with van der Waals surface area (Å²) in [6.45, 7) is 6.54. The Labute approximate surface area is 224 Å². The minimum atomic E-state index is -1.67. The van der Waals surface area contributed by atoms with Gasteiger partial charge in [-0.1, -0.05) is 60.7 Å². The zero-order valence-electron chi connectivity index (χ0n) is 22.5. The van der Waals surface area contributed by atoms with Crippen LogP contribution in [-0.2, 0) is 37.0 Å². The third kappa shape index (κ3) is 7.18. The summed E-state index contributed by atoms with van der Waals surface area (Å²) in [4.78, 5) is 17.4. The van der Waals surface area contributed by atoms with Gasteiger partial charge in [0.15, 0.2) is 6.10 Å². The predicted molar refractivity (Wildman–Crippen MR) is 141 cm³/mol. The van der Waals surface area contributed by atoms with Gasteiger partial charge in [-0.3, -0.25) is 4.79 Å². The van der Waals surface area contributed by atoms with Crippen molar-refractivity contribution >= 4 is 5.91 Å². The van der Waals surface area contributed by atoms with Crippen LogP contribution in [0.5, 0.6) is 0 Å². The maximum Gasteiger partial charge on any atom is 0.254 e. The number of ether oxygens (including phenoxy) is 4. The summed E-state index contributed by atoms with van der Waals surface area (Å²) >= 11 is 0.